The Morgan fingerprint density at radius 2 is 2.11 bits per heavy atom. The van der Waals surface area contributed by atoms with E-state index in [1.165, 1.54) is 19.3 Å². The number of carbonyl (C=O) groups is 1. The van der Waals surface area contributed by atoms with Gasteiger partial charge in [-0.2, -0.15) is 0 Å². The van der Waals surface area contributed by atoms with Crippen LogP contribution in [0.15, 0.2) is 30.3 Å². The molecular weight excluding hydrogens is 226 g/mol. The summed E-state index contributed by atoms with van der Waals surface area (Å²) < 4.78 is 0. The van der Waals surface area contributed by atoms with Crippen molar-refractivity contribution in [3.8, 4) is 0 Å². The first-order valence-corrected chi connectivity index (χ1v) is 6.68. The predicted molar refractivity (Wildman–Crippen MR) is 73.7 cm³/mol. The molecule has 1 unspecified atom stereocenters. The van der Waals surface area contributed by atoms with Crippen molar-refractivity contribution < 1.29 is 4.79 Å². The van der Waals surface area contributed by atoms with Gasteiger partial charge in [0, 0.05) is 18.3 Å². The zero-order valence-electron chi connectivity index (χ0n) is 10.6. The van der Waals surface area contributed by atoms with Crippen molar-refractivity contribution in [3.05, 3.63) is 30.3 Å². The van der Waals surface area contributed by atoms with Crippen LogP contribution >= 0.6 is 0 Å². The summed E-state index contributed by atoms with van der Waals surface area (Å²) in [5, 5.41) is 9.17. The lowest BCUT2D eigenvalue weighted by molar-refractivity contribution is 0.251. The van der Waals surface area contributed by atoms with E-state index in [1.807, 2.05) is 30.3 Å². The molecule has 1 saturated heterocycles. The highest BCUT2D eigenvalue weighted by Crippen LogP contribution is 2.09. The van der Waals surface area contributed by atoms with E-state index in [2.05, 4.69) is 16.0 Å². The molecule has 3 N–H and O–H groups in total. The highest BCUT2D eigenvalue weighted by Gasteiger charge is 2.12. The van der Waals surface area contributed by atoms with Crippen molar-refractivity contribution in [3.63, 3.8) is 0 Å². The minimum Gasteiger partial charge on any atom is -0.338 e. The van der Waals surface area contributed by atoms with E-state index < -0.39 is 0 Å². The highest BCUT2D eigenvalue weighted by molar-refractivity contribution is 5.89. The first-order chi connectivity index (χ1) is 8.84. The van der Waals surface area contributed by atoms with Gasteiger partial charge in [0.05, 0.1) is 0 Å². The number of para-hydroxylation sites is 1. The van der Waals surface area contributed by atoms with Gasteiger partial charge >= 0.3 is 6.03 Å². The van der Waals surface area contributed by atoms with Crippen LogP contribution in [0.25, 0.3) is 0 Å². The van der Waals surface area contributed by atoms with Crippen LogP contribution in [0.3, 0.4) is 0 Å². The van der Waals surface area contributed by atoms with Crippen molar-refractivity contribution in [1.82, 2.24) is 10.6 Å². The molecule has 1 aromatic carbocycles. The summed E-state index contributed by atoms with van der Waals surface area (Å²) in [7, 11) is 0. The Morgan fingerprint density at radius 3 is 2.83 bits per heavy atom. The number of rotatable bonds is 4. The zero-order chi connectivity index (χ0) is 12.6. The summed E-state index contributed by atoms with van der Waals surface area (Å²) in [5.74, 6) is 0. The topological polar surface area (TPSA) is 53.2 Å². The van der Waals surface area contributed by atoms with Crippen LogP contribution in [0, 0.1) is 0 Å². The maximum absolute atomic E-state index is 11.6. The Labute approximate surface area is 108 Å². The van der Waals surface area contributed by atoms with Gasteiger partial charge in [0.25, 0.3) is 0 Å². The summed E-state index contributed by atoms with van der Waals surface area (Å²) in [6.07, 6.45) is 4.80. The minimum absolute atomic E-state index is 0.128. The summed E-state index contributed by atoms with van der Waals surface area (Å²) in [4.78, 5) is 11.6. The fraction of sp³-hybridized carbons (Fsp3) is 0.500. The maximum atomic E-state index is 11.6. The van der Waals surface area contributed by atoms with Gasteiger partial charge in [-0.05, 0) is 37.9 Å². The third-order valence-electron chi connectivity index (χ3n) is 3.22. The van der Waals surface area contributed by atoms with E-state index in [9.17, 15) is 4.79 Å². The zero-order valence-corrected chi connectivity index (χ0v) is 10.6. The second-order valence-corrected chi connectivity index (χ2v) is 4.68. The van der Waals surface area contributed by atoms with Crippen molar-refractivity contribution in [2.24, 2.45) is 0 Å². The van der Waals surface area contributed by atoms with E-state index in [4.69, 9.17) is 0 Å². The van der Waals surface area contributed by atoms with Gasteiger partial charge in [0.15, 0.2) is 0 Å². The number of anilines is 1. The monoisotopic (exact) mass is 247 g/mol. The molecule has 4 nitrogen and oxygen atoms in total. The number of amides is 2. The third-order valence-corrected chi connectivity index (χ3v) is 3.22. The number of piperidine rings is 1. The minimum atomic E-state index is -0.128. The lowest BCUT2D eigenvalue weighted by Gasteiger charge is -2.23. The normalized spacial score (nSPS) is 19.2. The van der Waals surface area contributed by atoms with Crippen LogP contribution in [-0.2, 0) is 0 Å². The third kappa shape index (κ3) is 4.37. The summed E-state index contributed by atoms with van der Waals surface area (Å²) in [6.45, 7) is 1.83. The first-order valence-electron chi connectivity index (χ1n) is 6.68. The maximum Gasteiger partial charge on any atom is 0.319 e. The molecule has 4 heteroatoms. The molecule has 0 saturated carbocycles. The molecule has 18 heavy (non-hydrogen) atoms. The molecule has 1 fully saturated rings. The lowest BCUT2D eigenvalue weighted by Crippen LogP contribution is -2.38. The largest absolute Gasteiger partial charge is 0.338 e. The van der Waals surface area contributed by atoms with Crippen LogP contribution in [0.5, 0.6) is 0 Å². The molecule has 1 aromatic rings. The summed E-state index contributed by atoms with van der Waals surface area (Å²) in [5.41, 5.74) is 0.825. The van der Waals surface area contributed by atoms with E-state index in [1.54, 1.807) is 0 Å². The summed E-state index contributed by atoms with van der Waals surface area (Å²) in [6, 6.07) is 9.93. The van der Waals surface area contributed by atoms with Gasteiger partial charge < -0.3 is 16.0 Å². The van der Waals surface area contributed by atoms with Crippen molar-refractivity contribution in [1.29, 1.82) is 0 Å². The van der Waals surface area contributed by atoms with E-state index in [-0.39, 0.29) is 6.03 Å². The van der Waals surface area contributed by atoms with Gasteiger partial charge in [-0.1, -0.05) is 24.6 Å². The number of urea groups is 1. The van der Waals surface area contributed by atoms with Crippen LogP contribution in [-0.4, -0.2) is 25.2 Å². The second kappa shape index (κ2) is 7.01. The van der Waals surface area contributed by atoms with Gasteiger partial charge in [0.2, 0.25) is 0 Å². The Morgan fingerprint density at radius 1 is 1.28 bits per heavy atom. The average molecular weight is 247 g/mol. The van der Waals surface area contributed by atoms with Crippen molar-refractivity contribution in [2.75, 3.05) is 18.4 Å². The fourth-order valence-electron chi connectivity index (χ4n) is 2.23. The van der Waals surface area contributed by atoms with E-state index in [0.717, 1.165) is 25.2 Å². The fourth-order valence-corrected chi connectivity index (χ4v) is 2.23. The van der Waals surface area contributed by atoms with Gasteiger partial charge in [-0.15, -0.1) is 0 Å². The standard InChI is InChI=1S/C14H21N3O/c18-14(17-13-7-2-1-3-8-13)16-11-9-12-6-4-5-10-15-12/h1-3,7-8,12,15H,4-6,9-11H2,(H2,16,17,18). The lowest BCUT2D eigenvalue weighted by atomic mass is 10.0. The molecule has 1 atom stereocenters. The quantitative estimate of drug-likeness (QED) is 0.765. The summed E-state index contributed by atoms with van der Waals surface area (Å²) >= 11 is 0. The van der Waals surface area contributed by atoms with E-state index >= 15 is 0 Å². The molecule has 98 valence electrons. The van der Waals surface area contributed by atoms with Gasteiger partial charge in [-0.25, -0.2) is 4.79 Å². The number of hydrogen-bond acceptors (Lipinski definition) is 2. The Hall–Kier alpha value is -1.55. The Bertz CT molecular complexity index is 361. The molecule has 0 spiro atoms. The van der Waals surface area contributed by atoms with Crippen LogP contribution < -0.4 is 16.0 Å². The molecule has 0 bridgehead atoms. The molecule has 2 rings (SSSR count). The molecule has 0 radical (unpaired) electrons. The number of benzene rings is 1. The molecule has 2 amide bonds. The SMILES string of the molecule is O=C(NCCC1CCCCN1)Nc1ccccc1. The smallest absolute Gasteiger partial charge is 0.319 e. The predicted octanol–water partition coefficient (Wildman–Crippen LogP) is 2.34. The van der Waals surface area contributed by atoms with Gasteiger partial charge in [0.1, 0.15) is 0 Å². The number of carbonyl (C=O) groups excluding carboxylic acids is 1. The van der Waals surface area contributed by atoms with E-state index in [0.29, 0.717) is 6.04 Å². The Balaban J connectivity index is 1.62. The average Bonchev–Trinajstić information content (AvgIpc) is 2.41. The van der Waals surface area contributed by atoms with Gasteiger partial charge in [-0.3, -0.25) is 0 Å². The van der Waals surface area contributed by atoms with Crippen molar-refractivity contribution >= 4 is 11.7 Å². The van der Waals surface area contributed by atoms with Crippen molar-refractivity contribution in [2.45, 2.75) is 31.7 Å². The molecule has 1 aliphatic rings. The number of hydrogen-bond donors (Lipinski definition) is 3. The van der Waals surface area contributed by atoms with Crippen LogP contribution in [0.2, 0.25) is 0 Å². The molecule has 0 aromatic heterocycles. The first kappa shape index (κ1) is 12.9. The highest BCUT2D eigenvalue weighted by atomic mass is 16.2. The molecule has 0 aliphatic carbocycles. The number of nitrogens with one attached hydrogen (secondary N) is 3. The van der Waals surface area contributed by atoms with Crippen LogP contribution in [0.4, 0.5) is 10.5 Å². The molecular formula is C14H21N3O. The Kier molecular flexibility index (Phi) is 5.02. The van der Waals surface area contributed by atoms with Crippen LogP contribution in [0.1, 0.15) is 25.7 Å². The molecule has 1 heterocycles. The second-order valence-electron chi connectivity index (χ2n) is 4.68. The molecule has 1 aliphatic heterocycles.